The lowest BCUT2D eigenvalue weighted by Crippen LogP contribution is -2.41. The third-order valence-electron chi connectivity index (χ3n) is 3.43. The highest BCUT2D eigenvalue weighted by Crippen LogP contribution is 2.25. The van der Waals surface area contributed by atoms with Crippen molar-refractivity contribution >= 4 is 21.1 Å². The van der Waals surface area contributed by atoms with Gasteiger partial charge in [-0.05, 0) is 18.2 Å². The van der Waals surface area contributed by atoms with Crippen LogP contribution in [0.2, 0.25) is 0 Å². The number of nitrogens with zero attached hydrogens (tertiary/aromatic N) is 4. The van der Waals surface area contributed by atoms with Crippen molar-refractivity contribution in [3.05, 3.63) is 18.2 Å². The molecule has 22 heavy (non-hydrogen) atoms. The molecule has 3 rings (SSSR count). The van der Waals surface area contributed by atoms with Gasteiger partial charge < -0.3 is 4.74 Å². The Morgan fingerprint density at radius 2 is 2.14 bits per heavy atom. The van der Waals surface area contributed by atoms with Gasteiger partial charge in [0.25, 0.3) is 5.92 Å². The van der Waals surface area contributed by atoms with E-state index in [9.17, 15) is 17.2 Å². The van der Waals surface area contributed by atoms with Crippen molar-refractivity contribution in [2.45, 2.75) is 10.8 Å². The van der Waals surface area contributed by atoms with E-state index >= 15 is 0 Å². The summed E-state index contributed by atoms with van der Waals surface area (Å²) in [6.45, 7) is -1.85. The number of rotatable bonds is 2. The molecule has 0 bridgehead atoms. The molecule has 0 spiro atoms. The predicted octanol–water partition coefficient (Wildman–Crippen LogP) is 0.624. The zero-order chi connectivity index (χ0) is 16.0. The maximum atomic E-state index is 13.6. The number of aryl methyl sites for hydroxylation is 1. The highest BCUT2D eigenvalue weighted by molar-refractivity contribution is 7.89. The Bertz CT molecular complexity index is 806. The number of alkyl halides is 2. The Morgan fingerprint density at radius 1 is 1.36 bits per heavy atom. The minimum atomic E-state index is -4.04. The molecule has 0 atom stereocenters. The number of benzene rings is 1. The fourth-order valence-electron chi connectivity index (χ4n) is 2.31. The SMILES string of the molecule is Cn1nnc2cc(S(=O)(=O)N3CCOCC(F)(F)C3)ccc21. The molecule has 0 N–H and O–H groups in total. The van der Waals surface area contributed by atoms with E-state index in [1.807, 2.05) is 0 Å². The van der Waals surface area contributed by atoms with Crippen molar-refractivity contribution in [3.8, 4) is 0 Å². The molecule has 0 amide bonds. The van der Waals surface area contributed by atoms with Gasteiger partial charge in [-0.3, -0.25) is 0 Å². The van der Waals surface area contributed by atoms with Gasteiger partial charge in [-0.15, -0.1) is 5.10 Å². The average Bonchev–Trinajstić information content (AvgIpc) is 2.71. The van der Waals surface area contributed by atoms with Crippen molar-refractivity contribution in [2.24, 2.45) is 7.05 Å². The average molecular weight is 332 g/mol. The number of hydrogen-bond acceptors (Lipinski definition) is 5. The van der Waals surface area contributed by atoms with Crippen LogP contribution >= 0.6 is 0 Å². The Kier molecular flexibility index (Phi) is 3.62. The molecule has 1 aliphatic rings. The summed E-state index contributed by atoms with van der Waals surface area (Å²) in [5.41, 5.74) is 1.05. The van der Waals surface area contributed by atoms with Gasteiger partial charge >= 0.3 is 0 Å². The van der Waals surface area contributed by atoms with Crippen LogP contribution in [0.3, 0.4) is 0 Å². The fourth-order valence-corrected chi connectivity index (χ4v) is 3.78. The maximum Gasteiger partial charge on any atom is 0.284 e. The first kappa shape index (κ1) is 15.3. The summed E-state index contributed by atoms with van der Waals surface area (Å²) in [7, 11) is -2.37. The predicted molar refractivity (Wildman–Crippen MR) is 73.0 cm³/mol. The summed E-state index contributed by atoms with van der Waals surface area (Å²) >= 11 is 0. The molecular weight excluding hydrogens is 318 g/mol. The van der Waals surface area contributed by atoms with Crippen molar-refractivity contribution in [3.63, 3.8) is 0 Å². The molecule has 10 heteroatoms. The first-order valence-electron chi connectivity index (χ1n) is 6.55. The summed E-state index contributed by atoms with van der Waals surface area (Å²) < 4.78 is 59.3. The summed E-state index contributed by atoms with van der Waals surface area (Å²) in [6, 6.07) is 4.25. The Hall–Kier alpha value is -1.65. The summed E-state index contributed by atoms with van der Waals surface area (Å²) in [5.74, 6) is -3.21. The van der Waals surface area contributed by atoms with Crippen LogP contribution in [0.15, 0.2) is 23.1 Å². The normalized spacial score (nSPS) is 20.1. The first-order valence-corrected chi connectivity index (χ1v) is 7.99. The van der Waals surface area contributed by atoms with Crippen molar-refractivity contribution in [2.75, 3.05) is 26.3 Å². The second-order valence-corrected chi connectivity index (χ2v) is 7.05. The topological polar surface area (TPSA) is 77.3 Å². The minimum absolute atomic E-state index is 0.0673. The number of halogens is 2. The first-order chi connectivity index (χ1) is 10.3. The molecule has 120 valence electrons. The lowest BCUT2D eigenvalue weighted by atomic mass is 10.3. The van der Waals surface area contributed by atoms with E-state index in [-0.39, 0.29) is 18.0 Å². The van der Waals surface area contributed by atoms with E-state index in [4.69, 9.17) is 4.74 Å². The van der Waals surface area contributed by atoms with E-state index in [1.165, 1.54) is 16.8 Å². The number of fused-ring (bicyclic) bond motifs is 1. The third-order valence-corrected chi connectivity index (χ3v) is 5.27. The van der Waals surface area contributed by atoms with E-state index in [0.29, 0.717) is 11.0 Å². The third kappa shape index (κ3) is 2.69. The van der Waals surface area contributed by atoms with Gasteiger partial charge in [0, 0.05) is 13.6 Å². The van der Waals surface area contributed by atoms with E-state index in [2.05, 4.69) is 10.3 Å². The summed E-state index contributed by atoms with van der Waals surface area (Å²) in [5, 5.41) is 7.63. The fraction of sp³-hybridized carbons (Fsp3) is 0.500. The van der Waals surface area contributed by atoms with E-state index < -0.39 is 29.1 Å². The zero-order valence-corrected chi connectivity index (χ0v) is 12.6. The Morgan fingerprint density at radius 3 is 2.91 bits per heavy atom. The van der Waals surface area contributed by atoms with Crippen LogP contribution in [0, 0.1) is 0 Å². The lowest BCUT2D eigenvalue weighted by molar-refractivity contribution is -0.0630. The molecule has 2 heterocycles. The van der Waals surface area contributed by atoms with Crippen LogP contribution in [-0.4, -0.2) is 59.9 Å². The second-order valence-electron chi connectivity index (χ2n) is 5.11. The van der Waals surface area contributed by atoms with Gasteiger partial charge in [-0.1, -0.05) is 5.21 Å². The molecule has 1 aliphatic heterocycles. The lowest BCUT2D eigenvalue weighted by Gasteiger charge is -2.22. The van der Waals surface area contributed by atoms with Gasteiger partial charge in [-0.25, -0.2) is 21.9 Å². The standard InChI is InChI=1S/C12H14F2N4O3S/c1-17-11-3-2-9(6-10(11)15-16-17)22(19,20)18-4-5-21-8-12(13,14)7-18/h2-3,6H,4-5,7-8H2,1H3. The monoisotopic (exact) mass is 332 g/mol. The molecule has 0 unspecified atom stereocenters. The molecule has 0 radical (unpaired) electrons. The largest absolute Gasteiger partial charge is 0.374 e. The molecular formula is C12H14F2N4O3S. The number of aromatic nitrogens is 3. The molecule has 7 nitrogen and oxygen atoms in total. The number of hydrogen-bond donors (Lipinski definition) is 0. The smallest absolute Gasteiger partial charge is 0.284 e. The molecule has 0 saturated carbocycles. The Labute approximate surface area is 125 Å². The van der Waals surface area contributed by atoms with Crippen molar-refractivity contribution in [1.82, 2.24) is 19.3 Å². The van der Waals surface area contributed by atoms with Crippen molar-refractivity contribution in [1.29, 1.82) is 0 Å². The van der Waals surface area contributed by atoms with Crippen LogP contribution in [0.5, 0.6) is 0 Å². The molecule has 2 aromatic rings. The maximum absolute atomic E-state index is 13.6. The summed E-state index contributed by atoms with van der Waals surface area (Å²) in [4.78, 5) is -0.0850. The Balaban J connectivity index is 1.99. The molecule has 1 saturated heterocycles. The van der Waals surface area contributed by atoms with Crippen LogP contribution in [0.4, 0.5) is 8.78 Å². The van der Waals surface area contributed by atoms with Gasteiger partial charge in [0.1, 0.15) is 12.1 Å². The van der Waals surface area contributed by atoms with E-state index in [1.54, 1.807) is 13.1 Å². The summed E-state index contributed by atoms with van der Waals surface area (Å²) in [6.07, 6.45) is 0. The highest BCUT2D eigenvalue weighted by Gasteiger charge is 2.39. The van der Waals surface area contributed by atoms with Gasteiger partial charge in [0.2, 0.25) is 10.0 Å². The van der Waals surface area contributed by atoms with Crippen LogP contribution in [0.1, 0.15) is 0 Å². The quantitative estimate of drug-likeness (QED) is 0.806. The molecule has 1 fully saturated rings. The van der Waals surface area contributed by atoms with E-state index in [0.717, 1.165) is 4.31 Å². The van der Waals surface area contributed by atoms with Crippen LogP contribution in [0.25, 0.3) is 11.0 Å². The molecule has 0 aliphatic carbocycles. The number of ether oxygens (including phenoxy) is 1. The second kappa shape index (κ2) is 5.21. The van der Waals surface area contributed by atoms with Crippen LogP contribution in [-0.2, 0) is 21.8 Å². The van der Waals surface area contributed by atoms with Gasteiger partial charge in [0.15, 0.2) is 0 Å². The van der Waals surface area contributed by atoms with Crippen LogP contribution < -0.4 is 0 Å². The van der Waals surface area contributed by atoms with Gasteiger partial charge in [-0.2, -0.15) is 4.31 Å². The highest BCUT2D eigenvalue weighted by atomic mass is 32.2. The molecule has 1 aromatic heterocycles. The van der Waals surface area contributed by atoms with Crippen molar-refractivity contribution < 1.29 is 21.9 Å². The van der Waals surface area contributed by atoms with Gasteiger partial charge in [0.05, 0.1) is 23.6 Å². The zero-order valence-electron chi connectivity index (χ0n) is 11.7. The molecule has 1 aromatic carbocycles. The number of sulfonamides is 1. The minimum Gasteiger partial charge on any atom is -0.374 e.